The summed E-state index contributed by atoms with van der Waals surface area (Å²) in [5.74, 6) is 1.89. The van der Waals surface area contributed by atoms with Crippen molar-refractivity contribution >= 4 is 22.8 Å². The maximum atomic E-state index is 14.0. The van der Waals surface area contributed by atoms with E-state index in [4.69, 9.17) is 25.5 Å². The number of hydrogen-bond donors (Lipinski definition) is 1. The highest BCUT2D eigenvalue weighted by atomic mass is 19.1. The number of nitrogens with two attached hydrogens (primary N) is 1. The van der Waals surface area contributed by atoms with E-state index in [-0.39, 0.29) is 5.82 Å². The highest BCUT2D eigenvalue weighted by Crippen LogP contribution is 2.38. The van der Waals surface area contributed by atoms with Gasteiger partial charge in [0, 0.05) is 18.7 Å². The maximum absolute atomic E-state index is 14.0. The minimum atomic E-state index is -0.364. The average molecular weight is 509 g/mol. The molecule has 0 unspecified atom stereocenters. The third-order valence-corrected chi connectivity index (χ3v) is 7.24. The van der Waals surface area contributed by atoms with Crippen LogP contribution in [-0.4, -0.2) is 39.9 Å². The van der Waals surface area contributed by atoms with Gasteiger partial charge in [-0.1, -0.05) is 48.5 Å². The van der Waals surface area contributed by atoms with Gasteiger partial charge in [0.25, 0.3) is 0 Å². The van der Waals surface area contributed by atoms with Crippen LogP contribution in [0.1, 0.15) is 18.4 Å². The largest absolute Gasteiger partial charge is 0.496 e. The second-order valence-electron chi connectivity index (χ2n) is 9.67. The fourth-order valence-corrected chi connectivity index (χ4v) is 5.27. The van der Waals surface area contributed by atoms with Crippen LogP contribution in [0.5, 0.6) is 5.75 Å². The molecule has 3 heterocycles. The van der Waals surface area contributed by atoms with Gasteiger partial charge < -0.3 is 15.4 Å². The van der Waals surface area contributed by atoms with Crippen LogP contribution in [0.3, 0.4) is 0 Å². The lowest BCUT2D eigenvalue weighted by Gasteiger charge is -2.32. The number of aromatic nitrogens is 4. The van der Waals surface area contributed by atoms with Gasteiger partial charge in [0.1, 0.15) is 17.4 Å². The first-order valence-corrected chi connectivity index (χ1v) is 12.8. The number of para-hydroxylation sites is 1. The zero-order valence-corrected chi connectivity index (χ0v) is 21.2. The normalized spacial score (nSPS) is 14.2. The van der Waals surface area contributed by atoms with Gasteiger partial charge in [-0.25, -0.2) is 14.1 Å². The molecule has 2 aromatic heterocycles. The zero-order chi connectivity index (χ0) is 26.1. The number of hydrogen-bond acceptors (Lipinski definition) is 6. The molecule has 3 aromatic carbocycles. The quantitative estimate of drug-likeness (QED) is 0.318. The van der Waals surface area contributed by atoms with Gasteiger partial charge in [-0.3, -0.25) is 0 Å². The summed E-state index contributed by atoms with van der Waals surface area (Å²) in [5, 5.41) is 5.31. The molecular formula is C30H29FN6O. The molecule has 0 saturated carbocycles. The molecule has 38 heavy (non-hydrogen) atoms. The van der Waals surface area contributed by atoms with E-state index in [1.54, 1.807) is 19.2 Å². The van der Waals surface area contributed by atoms with Gasteiger partial charge in [-0.2, -0.15) is 4.98 Å². The summed E-state index contributed by atoms with van der Waals surface area (Å²) in [6.45, 7) is 1.71. The van der Waals surface area contributed by atoms with E-state index in [2.05, 4.69) is 35.2 Å². The van der Waals surface area contributed by atoms with Gasteiger partial charge in [-0.15, -0.1) is 5.10 Å². The molecule has 1 fully saturated rings. The van der Waals surface area contributed by atoms with E-state index in [0.717, 1.165) is 37.9 Å². The zero-order valence-electron chi connectivity index (χ0n) is 21.2. The first-order chi connectivity index (χ1) is 18.6. The lowest BCUT2D eigenvalue weighted by molar-refractivity contribution is 0.401. The smallest absolute Gasteiger partial charge is 0.228 e. The Hall–Kier alpha value is -4.46. The molecule has 1 aliphatic rings. The van der Waals surface area contributed by atoms with E-state index >= 15 is 0 Å². The van der Waals surface area contributed by atoms with Crippen molar-refractivity contribution in [1.82, 2.24) is 19.7 Å². The van der Waals surface area contributed by atoms with Crippen LogP contribution in [0.25, 0.3) is 28.0 Å². The van der Waals surface area contributed by atoms with Crippen molar-refractivity contribution in [1.29, 1.82) is 0 Å². The Kier molecular flexibility index (Phi) is 6.37. The molecule has 1 aliphatic heterocycles. The summed E-state index contributed by atoms with van der Waals surface area (Å²) in [5.41, 5.74) is 10.4. The molecule has 2 N–H and O–H groups in total. The highest BCUT2D eigenvalue weighted by molar-refractivity contribution is 6.00. The molecule has 7 nitrogen and oxygen atoms in total. The minimum absolute atomic E-state index is 0.347. The number of ether oxygens (including phenoxy) is 1. The van der Waals surface area contributed by atoms with Crippen LogP contribution in [0.15, 0.2) is 78.9 Å². The molecule has 5 aromatic rings. The second kappa shape index (κ2) is 10.1. The van der Waals surface area contributed by atoms with E-state index in [1.807, 2.05) is 24.3 Å². The monoisotopic (exact) mass is 508 g/mol. The third kappa shape index (κ3) is 4.53. The minimum Gasteiger partial charge on any atom is -0.496 e. The van der Waals surface area contributed by atoms with Gasteiger partial charge in [0.2, 0.25) is 5.95 Å². The molecule has 0 aliphatic carbocycles. The van der Waals surface area contributed by atoms with Crippen molar-refractivity contribution in [2.24, 2.45) is 5.92 Å². The van der Waals surface area contributed by atoms with Gasteiger partial charge in [0.05, 0.1) is 23.9 Å². The average Bonchev–Trinajstić information content (AvgIpc) is 3.30. The SMILES string of the molecule is COc1ccccc1-c1nc(N2CCC(Cc3ccccc3)CC2)nc2nn(-c3cccc(F)c3)c(N)c12. The topological polar surface area (TPSA) is 82.1 Å². The Labute approximate surface area is 220 Å². The van der Waals surface area contributed by atoms with Crippen LogP contribution < -0.4 is 15.4 Å². The molecule has 0 atom stereocenters. The predicted molar refractivity (Wildman–Crippen MR) is 148 cm³/mol. The van der Waals surface area contributed by atoms with Crippen LogP contribution in [0, 0.1) is 11.7 Å². The number of nitrogen functional groups attached to an aromatic ring is 1. The summed E-state index contributed by atoms with van der Waals surface area (Å²) in [6, 6.07) is 24.5. The number of anilines is 2. The molecule has 8 heteroatoms. The Morgan fingerprint density at radius 3 is 2.47 bits per heavy atom. The van der Waals surface area contributed by atoms with Crippen LogP contribution in [0.2, 0.25) is 0 Å². The lowest BCUT2D eigenvalue weighted by atomic mass is 9.90. The van der Waals surface area contributed by atoms with Gasteiger partial charge in [0.15, 0.2) is 5.65 Å². The lowest BCUT2D eigenvalue weighted by Crippen LogP contribution is -2.35. The molecular weight excluding hydrogens is 479 g/mol. The maximum Gasteiger partial charge on any atom is 0.228 e. The molecule has 0 bridgehead atoms. The Balaban J connectivity index is 1.40. The first-order valence-electron chi connectivity index (χ1n) is 12.8. The molecule has 6 rings (SSSR count). The second-order valence-corrected chi connectivity index (χ2v) is 9.67. The molecule has 0 spiro atoms. The van der Waals surface area contributed by atoms with Crippen molar-refractivity contribution in [3.63, 3.8) is 0 Å². The summed E-state index contributed by atoms with van der Waals surface area (Å²) >= 11 is 0. The number of nitrogens with zero attached hydrogens (tertiary/aromatic N) is 5. The molecule has 192 valence electrons. The summed E-state index contributed by atoms with van der Waals surface area (Å²) in [7, 11) is 1.63. The number of rotatable bonds is 6. The van der Waals surface area contributed by atoms with E-state index in [9.17, 15) is 4.39 Å². The van der Waals surface area contributed by atoms with Crippen LogP contribution >= 0.6 is 0 Å². The van der Waals surface area contributed by atoms with Gasteiger partial charge >= 0.3 is 0 Å². The molecule has 0 amide bonds. The van der Waals surface area contributed by atoms with E-state index in [1.165, 1.54) is 22.4 Å². The number of halogens is 1. The number of piperidine rings is 1. The number of methoxy groups -OCH3 is 1. The Morgan fingerprint density at radius 2 is 1.71 bits per heavy atom. The van der Waals surface area contributed by atoms with Crippen molar-refractivity contribution in [3.05, 3.63) is 90.2 Å². The van der Waals surface area contributed by atoms with Gasteiger partial charge in [-0.05, 0) is 61.1 Å². The predicted octanol–water partition coefficient (Wildman–Crippen LogP) is 5.67. The summed E-state index contributed by atoms with van der Waals surface area (Å²) < 4.78 is 21.2. The van der Waals surface area contributed by atoms with Crippen LogP contribution in [-0.2, 0) is 6.42 Å². The third-order valence-electron chi connectivity index (χ3n) is 7.24. The van der Waals surface area contributed by atoms with E-state index < -0.39 is 0 Å². The number of benzene rings is 3. The van der Waals surface area contributed by atoms with Crippen molar-refractivity contribution in [2.75, 3.05) is 30.8 Å². The van der Waals surface area contributed by atoms with Crippen molar-refractivity contribution in [2.45, 2.75) is 19.3 Å². The standard InChI is InChI=1S/C30H29FN6O/c1-38-25-13-6-5-12-24(25)27-26-28(32)37(23-11-7-10-22(31)19-23)35-29(26)34-30(33-27)36-16-14-21(15-17-36)18-20-8-3-2-4-9-20/h2-13,19,21H,14-18,32H2,1H3. The summed E-state index contributed by atoms with van der Waals surface area (Å²) in [4.78, 5) is 12.1. The Morgan fingerprint density at radius 1 is 0.947 bits per heavy atom. The highest BCUT2D eigenvalue weighted by Gasteiger charge is 2.26. The van der Waals surface area contributed by atoms with Crippen molar-refractivity contribution < 1.29 is 9.13 Å². The van der Waals surface area contributed by atoms with Crippen molar-refractivity contribution in [3.8, 4) is 22.7 Å². The first kappa shape index (κ1) is 23.9. The fourth-order valence-electron chi connectivity index (χ4n) is 5.27. The fraction of sp³-hybridized carbons (Fsp3) is 0.233. The number of fused-ring (bicyclic) bond motifs is 1. The molecule has 0 radical (unpaired) electrons. The summed E-state index contributed by atoms with van der Waals surface area (Å²) in [6.07, 6.45) is 3.19. The van der Waals surface area contributed by atoms with Crippen LogP contribution in [0.4, 0.5) is 16.2 Å². The van der Waals surface area contributed by atoms with E-state index in [0.29, 0.717) is 45.8 Å². The molecule has 1 saturated heterocycles. The Bertz CT molecular complexity index is 1580.